The summed E-state index contributed by atoms with van der Waals surface area (Å²) in [6.07, 6.45) is 2.15. The summed E-state index contributed by atoms with van der Waals surface area (Å²) < 4.78 is 7.59. The summed E-state index contributed by atoms with van der Waals surface area (Å²) >= 11 is 1.76. The van der Waals surface area contributed by atoms with Crippen LogP contribution in [0.4, 0.5) is 0 Å². The van der Waals surface area contributed by atoms with Gasteiger partial charge in [-0.15, -0.1) is 0 Å². The first-order chi connectivity index (χ1) is 9.76. The molecule has 3 heterocycles. The molecule has 0 aliphatic carbocycles. The van der Waals surface area contributed by atoms with Crippen molar-refractivity contribution < 1.29 is 4.74 Å². The van der Waals surface area contributed by atoms with Gasteiger partial charge < -0.3 is 4.74 Å². The molecule has 5 heteroatoms. The zero-order chi connectivity index (χ0) is 13.9. The van der Waals surface area contributed by atoms with Crippen LogP contribution in [0.15, 0.2) is 23.0 Å². The Morgan fingerprint density at radius 1 is 1.50 bits per heavy atom. The lowest BCUT2D eigenvalue weighted by molar-refractivity contribution is 0.105. The van der Waals surface area contributed by atoms with Crippen LogP contribution >= 0.6 is 11.3 Å². The highest BCUT2D eigenvalue weighted by Crippen LogP contribution is 2.28. The molecule has 0 aromatic carbocycles. The minimum Gasteiger partial charge on any atom is -0.381 e. The smallest absolute Gasteiger partial charge is 0.0800 e. The Morgan fingerprint density at radius 3 is 3.15 bits per heavy atom. The van der Waals surface area contributed by atoms with Gasteiger partial charge in [-0.2, -0.15) is 16.4 Å². The predicted octanol–water partition coefficient (Wildman–Crippen LogP) is 2.62. The number of nitrogens with zero attached hydrogens (tertiary/aromatic N) is 3. The van der Waals surface area contributed by atoms with E-state index in [1.165, 1.54) is 16.8 Å². The van der Waals surface area contributed by atoms with E-state index in [4.69, 9.17) is 4.74 Å². The average molecular weight is 291 g/mol. The molecular formula is C15H21N3OS. The first kappa shape index (κ1) is 13.8. The predicted molar refractivity (Wildman–Crippen MR) is 80.9 cm³/mol. The Kier molecular flexibility index (Phi) is 4.19. The van der Waals surface area contributed by atoms with E-state index < -0.39 is 0 Å². The fraction of sp³-hybridized carbons (Fsp3) is 0.533. The van der Waals surface area contributed by atoms with Crippen molar-refractivity contribution in [3.8, 4) is 0 Å². The van der Waals surface area contributed by atoms with Gasteiger partial charge in [0, 0.05) is 51.0 Å². The molecule has 1 atom stereocenters. The number of hydrogen-bond donors (Lipinski definition) is 0. The highest BCUT2D eigenvalue weighted by molar-refractivity contribution is 7.07. The third-order valence-corrected chi connectivity index (χ3v) is 4.47. The Morgan fingerprint density at radius 2 is 2.40 bits per heavy atom. The number of ether oxygens (including phenoxy) is 1. The van der Waals surface area contributed by atoms with Crippen molar-refractivity contribution in [2.24, 2.45) is 7.05 Å². The zero-order valence-electron chi connectivity index (χ0n) is 12.1. The summed E-state index contributed by atoms with van der Waals surface area (Å²) in [6.45, 7) is 6.60. The molecule has 0 amide bonds. The molecule has 4 nitrogen and oxygen atoms in total. The number of thiophene rings is 1. The van der Waals surface area contributed by atoms with Crippen molar-refractivity contribution in [2.75, 3.05) is 19.8 Å². The molecule has 0 spiro atoms. The minimum absolute atomic E-state index is 0.436. The van der Waals surface area contributed by atoms with Crippen LogP contribution in [-0.4, -0.2) is 34.4 Å². The third kappa shape index (κ3) is 2.95. The highest BCUT2D eigenvalue weighted by Gasteiger charge is 2.28. The fourth-order valence-corrected chi connectivity index (χ4v) is 3.53. The van der Waals surface area contributed by atoms with Gasteiger partial charge in [0.05, 0.1) is 12.3 Å². The van der Waals surface area contributed by atoms with Gasteiger partial charge in [0.2, 0.25) is 0 Å². The van der Waals surface area contributed by atoms with Gasteiger partial charge in [-0.1, -0.05) is 0 Å². The highest BCUT2D eigenvalue weighted by atomic mass is 32.1. The summed E-state index contributed by atoms with van der Waals surface area (Å²) in [5, 5.41) is 8.98. The van der Waals surface area contributed by atoms with Crippen LogP contribution in [0, 0.1) is 0 Å². The normalized spacial score (nSPS) is 19.2. The lowest BCUT2D eigenvalue weighted by Gasteiger charge is -2.31. The van der Waals surface area contributed by atoms with Crippen molar-refractivity contribution in [3.05, 3.63) is 39.8 Å². The van der Waals surface area contributed by atoms with E-state index in [1.54, 1.807) is 11.3 Å². The van der Waals surface area contributed by atoms with E-state index >= 15 is 0 Å². The van der Waals surface area contributed by atoms with E-state index in [-0.39, 0.29) is 0 Å². The third-order valence-electron chi connectivity index (χ3n) is 3.74. The molecule has 0 unspecified atom stereocenters. The quantitative estimate of drug-likeness (QED) is 0.848. The van der Waals surface area contributed by atoms with Crippen LogP contribution in [0.2, 0.25) is 0 Å². The monoisotopic (exact) mass is 291 g/mol. The largest absolute Gasteiger partial charge is 0.381 e. The first-order valence-corrected chi connectivity index (χ1v) is 8.04. The van der Waals surface area contributed by atoms with Gasteiger partial charge in [-0.05, 0) is 29.3 Å². The lowest BCUT2D eigenvalue weighted by Crippen LogP contribution is -2.34. The second-order valence-corrected chi connectivity index (χ2v) is 6.14. The van der Waals surface area contributed by atoms with Crippen molar-refractivity contribution in [1.29, 1.82) is 0 Å². The van der Waals surface area contributed by atoms with E-state index in [2.05, 4.69) is 39.9 Å². The number of rotatable bonds is 5. The molecule has 3 rings (SSSR count). The molecule has 0 N–H and O–H groups in total. The minimum atomic E-state index is 0.436. The van der Waals surface area contributed by atoms with Crippen molar-refractivity contribution >= 4 is 11.3 Å². The van der Waals surface area contributed by atoms with E-state index in [0.717, 1.165) is 32.8 Å². The molecule has 0 bridgehead atoms. The second kappa shape index (κ2) is 6.08. The molecule has 1 aliphatic rings. The van der Waals surface area contributed by atoms with Gasteiger partial charge in [0.25, 0.3) is 0 Å². The molecule has 0 fully saturated rings. The molecule has 0 saturated heterocycles. The lowest BCUT2D eigenvalue weighted by atomic mass is 9.95. The number of aryl methyl sites for hydroxylation is 1. The fourth-order valence-electron chi connectivity index (χ4n) is 2.87. The van der Waals surface area contributed by atoms with Crippen LogP contribution in [0.1, 0.15) is 29.7 Å². The zero-order valence-corrected chi connectivity index (χ0v) is 12.9. The molecule has 20 heavy (non-hydrogen) atoms. The van der Waals surface area contributed by atoms with Gasteiger partial charge >= 0.3 is 0 Å². The first-order valence-electron chi connectivity index (χ1n) is 7.10. The number of hydrogen-bond acceptors (Lipinski definition) is 4. The molecule has 108 valence electrons. The summed E-state index contributed by atoms with van der Waals surface area (Å²) in [6, 6.07) is 2.20. The van der Waals surface area contributed by atoms with E-state index in [1.807, 2.05) is 11.7 Å². The molecule has 1 aliphatic heterocycles. The SMILES string of the molecule is CCOC[C@@H]1CN(Cc2ccsc2)Cc2nn(C)cc21. The summed E-state index contributed by atoms with van der Waals surface area (Å²) in [7, 11) is 2.00. The maximum absolute atomic E-state index is 5.66. The Labute approximate surface area is 124 Å². The molecular weight excluding hydrogens is 270 g/mol. The van der Waals surface area contributed by atoms with Crippen molar-refractivity contribution in [3.63, 3.8) is 0 Å². The molecule has 0 saturated carbocycles. The Bertz CT molecular complexity index is 549. The Hall–Kier alpha value is -1.17. The van der Waals surface area contributed by atoms with E-state index in [9.17, 15) is 0 Å². The maximum Gasteiger partial charge on any atom is 0.0800 e. The maximum atomic E-state index is 5.66. The van der Waals surface area contributed by atoms with Crippen molar-refractivity contribution in [1.82, 2.24) is 14.7 Å². The topological polar surface area (TPSA) is 30.3 Å². The van der Waals surface area contributed by atoms with Gasteiger partial charge in [-0.25, -0.2) is 0 Å². The average Bonchev–Trinajstić information content (AvgIpc) is 3.04. The summed E-state index contributed by atoms with van der Waals surface area (Å²) in [4.78, 5) is 2.47. The van der Waals surface area contributed by atoms with Crippen LogP contribution in [-0.2, 0) is 24.9 Å². The standard InChI is InChI=1S/C15H21N3OS/c1-3-19-10-13-7-18(6-12-4-5-20-11-12)9-15-14(13)8-17(2)16-15/h4-5,8,11,13H,3,6-7,9-10H2,1-2H3/t13-/m0/s1. The van der Waals surface area contributed by atoms with Crippen molar-refractivity contribution in [2.45, 2.75) is 25.9 Å². The number of aromatic nitrogens is 2. The van der Waals surface area contributed by atoms with Gasteiger partial charge in [-0.3, -0.25) is 9.58 Å². The van der Waals surface area contributed by atoms with E-state index in [0.29, 0.717) is 5.92 Å². The second-order valence-electron chi connectivity index (χ2n) is 5.36. The van der Waals surface area contributed by atoms with Crippen LogP contribution in [0.3, 0.4) is 0 Å². The van der Waals surface area contributed by atoms with Gasteiger partial charge in [0.1, 0.15) is 0 Å². The van der Waals surface area contributed by atoms with Gasteiger partial charge in [0.15, 0.2) is 0 Å². The van der Waals surface area contributed by atoms with Crippen LogP contribution in [0.5, 0.6) is 0 Å². The summed E-state index contributed by atoms with van der Waals surface area (Å²) in [5.41, 5.74) is 3.96. The summed E-state index contributed by atoms with van der Waals surface area (Å²) in [5.74, 6) is 0.436. The Balaban J connectivity index is 1.76. The molecule has 2 aromatic heterocycles. The molecule has 2 aromatic rings. The molecule has 0 radical (unpaired) electrons. The van der Waals surface area contributed by atoms with Crippen LogP contribution < -0.4 is 0 Å². The number of fused-ring (bicyclic) bond motifs is 1. The van der Waals surface area contributed by atoms with Crippen LogP contribution in [0.25, 0.3) is 0 Å².